The molecule has 0 unspecified atom stereocenters. The van der Waals surface area contributed by atoms with Gasteiger partial charge in [0.1, 0.15) is 24.0 Å². The van der Waals surface area contributed by atoms with Crippen molar-refractivity contribution in [3.05, 3.63) is 74.7 Å². The largest absolute Gasteiger partial charge is 0.458 e. The summed E-state index contributed by atoms with van der Waals surface area (Å²) < 4.78 is 11.0. The standard InChI is InChI=1S/C20H20N2O4/c1-20(2,3)12-6-4-11(5-7-12)16-14(9-21)19(22)26-17-15(24)8-13(10-23)25-18(16)17/h4-8,16,23H,10,22H2,1-3H3/t16-/m0/s1. The summed E-state index contributed by atoms with van der Waals surface area (Å²) in [6, 6.07) is 10.9. The summed E-state index contributed by atoms with van der Waals surface area (Å²) in [5, 5.41) is 18.9. The third-order valence-electron chi connectivity index (χ3n) is 4.40. The normalized spacial score (nSPS) is 16.7. The van der Waals surface area contributed by atoms with Gasteiger partial charge in [0.2, 0.25) is 17.1 Å². The van der Waals surface area contributed by atoms with E-state index >= 15 is 0 Å². The maximum atomic E-state index is 12.3. The Balaban J connectivity index is 2.21. The van der Waals surface area contributed by atoms with Crippen molar-refractivity contribution in [3.8, 4) is 11.8 Å². The van der Waals surface area contributed by atoms with Gasteiger partial charge in [-0.25, -0.2) is 0 Å². The van der Waals surface area contributed by atoms with Gasteiger partial charge in [0, 0.05) is 6.07 Å². The summed E-state index contributed by atoms with van der Waals surface area (Å²) in [6.45, 7) is 5.89. The Morgan fingerprint density at radius 2 is 1.92 bits per heavy atom. The highest BCUT2D eigenvalue weighted by Gasteiger charge is 2.35. The van der Waals surface area contributed by atoms with Crippen molar-refractivity contribution in [1.29, 1.82) is 5.26 Å². The lowest BCUT2D eigenvalue weighted by atomic mass is 9.83. The number of hydrogen-bond acceptors (Lipinski definition) is 6. The molecule has 0 fully saturated rings. The Morgan fingerprint density at radius 3 is 2.46 bits per heavy atom. The van der Waals surface area contributed by atoms with Gasteiger partial charge in [0.05, 0.1) is 5.92 Å². The zero-order valence-electron chi connectivity index (χ0n) is 14.9. The molecule has 2 heterocycles. The van der Waals surface area contributed by atoms with Crippen LogP contribution in [0.2, 0.25) is 0 Å². The van der Waals surface area contributed by atoms with Crippen molar-refractivity contribution in [3.63, 3.8) is 0 Å². The molecule has 134 valence electrons. The molecule has 1 aliphatic rings. The highest BCUT2D eigenvalue weighted by molar-refractivity contribution is 5.52. The summed E-state index contributed by atoms with van der Waals surface area (Å²) in [6.07, 6.45) is 0. The number of nitrogens with two attached hydrogens (primary N) is 1. The van der Waals surface area contributed by atoms with E-state index in [1.807, 2.05) is 24.3 Å². The number of aliphatic hydroxyl groups excluding tert-OH is 1. The van der Waals surface area contributed by atoms with Gasteiger partial charge in [-0.1, -0.05) is 45.0 Å². The molecule has 3 rings (SSSR count). The molecule has 3 N–H and O–H groups in total. The van der Waals surface area contributed by atoms with Gasteiger partial charge in [-0.2, -0.15) is 5.26 Å². The molecule has 2 aromatic rings. The maximum Gasteiger partial charge on any atom is 0.228 e. The third-order valence-corrected chi connectivity index (χ3v) is 4.40. The summed E-state index contributed by atoms with van der Waals surface area (Å²) in [5.74, 6) is -0.559. The van der Waals surface area contributed by atoms with E-state index in [1.165, 1.54) is 0 Å². The van der Waals surface area contributed by atoms with Gasteiger partial charge >= 0.3 is 0 Å². The molecule has 0 saturated heterocycles. The van der Waals surface area contributed by atoms with Crippen LogP contribution in [0.4, 0.5) is 0 Å². The molecule has 6 heteroatoms. The fourth-order valence-electron chi connectivity index (χ4n) is 2.97. The number of nitriles is 1. The average molecular weight is 352 g/mol. The van der Waals surface area contributed by atoms with Crippen molar-refractivity contribution < 1.29 is 14.3 Å². The second kappa shape index (κ2) is 6.36. The van der Waals surface area contributed by atoms with Crippen molar-refractivity contribution in [2.45, 2.75) is 38.7 Å². The van der Waals surface area contributed by atoms with Crippen LogP contribution in [0.25, 0.3) is 0 Å². The van der Waals surface area contributed by atoms with Gasteiger partial charge in [0.25, 0.3) is 0 Å². The van der Waals surface area contributed by atoms with E-state index in [9.17, 15) is 15.2 Å². The Hall–Kier alpha value is -3.04. The second-order valence-corrected chi connectivity index (χ2v) is 7.23. The monoisotopic (exact) mass is 352 g/mol. The lowest BCUT2D eigenvalue weighted by Crippen LogP contribution is -2.25. The summed E-state index contributed by atoms with van der Waals surface area (Å²) in [4.78, 5) is 12.3. The van der Waals surface area contributed by atoms with E-state index < -0.39 is 18.0 Å². The fourth-order valence-corrected chi connectivity index (χ4v) is 2.97. The van der Waals surface area contributed by atoms with Crippen LogP contribution in [0.5, 0.6) is 5.75 Å². The average Bonchev–Trinajstić information content (AvgIpc) is 2.60. The molecule has 1 aromatic carbocycles. The number of allylic oxidation sites excluding steroid dienone is 1. The molecular weight excluding hydrogens is 332 g/mol. The van der Waals surface area contributed by atoms with Gasteiger partial charge in [0.15, 0.2) is 5.76 Å². The molecule has 1 atom stereocenters. The van der Waals surface area contributed by atoms with E-state index in [1.54, 1.807) is 0 Å². The van der Waals surface area contributed by atoms with Crippen LogP contribution in [0.15, 0.2) is 51.0 Å². The van der Waals surface area contributed by atoms with E-state index in [0.29, 0.717) is 0 Å². The van der Waals surface area contributed by atoms with Crippen molar-refractivity contribution in [2.24, 2.45) is 5.73 Å². The zero-order chi connectivity index (χ0) is 19.1. The fraction of sp³-hybridized carbons (Fsp3) is 0.300. The molecule has 26 heavy (non-hydrogen) atoms. The van der Waals surface area contributed by atoms with Crippen LogP contribution in [0.1, 0.15) is 49.3 Å². The number of ether oxygens (including phenoxy) is 1. The predicted molar refractivity (Wildman–Crippen MR) is 95.3 cm³/mol. The van der Waals surface area contributed by atoms with Gasteiger partial charge in [-0.05, 0) is 16.5 Å². The Kier molecular flexibility index (Phi) is 4.34. The number of fused-ring (bicyclic) bond motifs is 1. The highest BCUT2D eigenvalue weighted by Crippen LogP contribution is 2.41. The molecule has 1 aromatic heterocycles. The molecule has 0 amide bonds. The topological polar surface area (TPSA) is 109 Å². The minimum absolute atomic E-state index is 0.0182. The molecule has 0 aliphatic carbocycles. The first kappa shape index (κ1) is 17.8. The van der Waals surface area contributed by atoms with E-state index in [2.05, 4.69) is 26.8 Å². The summed E-state index contributed by atoms with van der Waals surface area (Å²) in [7, 11) is 0. The Morgan fingerprint density at radius 1 is 1.27 bits per heavy atom. The zero-order valence-corrected chi connectivity index (χ0v) is 14.9. The van der Waals surface area contributed by atoms with Crippen molar-refractivity contribution in [2.75, 3.05) is 0 Å². The van der Waals surface area contributed by atoms with E-state index in [4.69, 9.17) is 14.9 Å². The third kappa shape index (κ3) is 2.98. The van der Waals surface area contributed by atoms with Crippen molar-refractivity contribution >= 4 is 0 Å². The smallest absolute Gasteiger partial charge is 0.228 e. The maximum absolute atomic E-state index is 12.3. The number of hydrogen-bond donors (Lipinski definition) is 2. The number of rotatable bonds is 2. The first-order valence-corrected chi connectivity index (χ1v) is 8.22. The number of aliphatic hydroxyl groups is 1. The minimum atomic E-state index is -0.669. The first-order valence-electron chi connectivity index (χ1n) is 8.22. The predicted octanol–water partition coefficient (Wildman–Crippen LogP) is 2.65. The van der Waals surface area contributed by atoms with Crippen LogP contribution in [-0.4, -0.2) is 5.11 Å². The van der Waals surface area contributed by atoms with Crippen LogP contribution in [-0.2, 0) is 12.0 Å². The molecular formula is C20H20N2O4. The van der Waals surface area contributed by atoms with Crippen LogP contribution < -0.4 is 15.9 Å². The summed E-state index contributed by atoms with van der Waals surface area (Å²) in [5.41, 5.74) is 7.46. The van der Waals surface area contributed by atoms with Gasteiger partial charge in [-0.15, -0.1) is 0 Å². The quantitative estimate of drug-likeness (QED) is 0.860. The van der Waals surface area contributed by atoms with Crippen molar-refractivity contribution in [1.82, 2.24) is 0 Å². The van der Waals surface area contributed by atoms with Crippen LogP contribution in [0, 0.1) is 11.3 Å². The van der Waals surface area contributed by atoms with Crippen LogP contribution >= 0.6 is 0 Å². The first-order chi connectivity index (χ1) is 12.3. The summed E-state index contributed by atoms with van der Waals surface area (Å²) >= 11 is 0. The molecule has 0 saturated carbocycles. The molecule has 0 bridgehead atoms. The molecule has 0 spiro atoms. The van der Waals surface area contributed by atoms with Crippen LogP contribution in [0.3, 0.4) is 0 Å². The Labute approximate surface area is 151 Å². The minimum Gasteiger partial charge on any atom is -0.458 e. The second-order valence-electron chi connectivity index (χ2n) is 7.23. The van der Waals surface area contributed by atoms with E-state index in [0.717, 1.165) is 17.2 Å². The van der Waals surface area contributed by atoms with E-state index in [-0.39, 0.29) is 34.1 Å². The highest BCUT2D eigenvalue weighted by atomic mass is 16.5. The van der Waals surface area contributed by atoms with Gasteiger partial charge in [-0.3, -0.25) is 4.79 Å². The van der Waals surface area contributed by atoms with Gasteiger partial charge < -0.3 is 20.0 Å². The molecule has 1 aliphatic heterocycles. The molecule has 6 nitrogen and oxygen atoms in total. The number of benzene rings is 1. The lowest BCUT2D eigenvalue weighted by molar-refractivity contribution is 0.231. The molecule has 0 radical (unpaired) electrons. The number of nitrogens with zero attached hydrogens (tertiary/aromatic N) is 1. The Bertz CT molecular complexity index is 973. The lowest BCUT2D eigenvalue weighted by Gasteiger charge is -2.25. The SMILES string of the molecule is CC(C)(C)c1ccc([C@H]2C(C#N)=C(N)Oc3c2oc(CO)cc3=O)cc1.